The molecule has 2 fully saturated rings. The summed E-state index contributed by atoms with van der Waals surface area (Å²) in [5.41, 5.74) is 0.542. The highest BCUT2D eigenvalue weighted by atomic mass is 16.5. The predicted octanol–water partition coefficient (Wildman–Crippen LogP) is 2.52. The van der Waals surface area contributed by atoms with E-state index in [4.69, 9.17) is 4.74 Å². The lowest BCUT2D eigenvalue weighted by Gasteiger charge is -2.36. The van der Waals surface area contributed by atoms with E-state index < -0.39 is 6.09 Å². The molecule has 2 aliphatic rings. The van der Waals surface area contributed by atoms with Crippen molar-refractivity contribution >= 4 is 12.1 Å². The first-order valence-electron chi connectivity index (χ1n) is 6.92. The molecule has 106 valence electrons. The Morgan fingerprint density at radius 1 is 1.10 bits per heavy atom. The predicted molar refractivity (Wildman–Crippen MR) is 71.6 cm³/mol. The van der Waals surface area contributed by atoms with Gasteiger partial charge in [-0.1, -0.05) is 18.2 Å². The van der Waals surface area contributed by atoms with Crippen LogP contribution in [0.3, 0.4) is 0 Å². The maximum atomic E-state index is 12.0. The fourth-order valence-electron chi connectivity index (χ4n) is 3.33. The monoisotopic (exact) mass is 275 g/mol. The molecule has 0 aliphatic carbocycles. The molecule has 2 bridgehead atoms. The Hall–Kier alpha value is -2.04. The van der Waals surface area contributed by atoms with Crippen molar-refractivity contribution in [1.29, 1.82) is 0 Å². The molecule has 5 heteroatoms. The van der Waals surface area contributed by atoms with Crippen molar-refractivity contribution in [2.75, 3.05) is 0 Å². The van der Waals surface area contributed by atoms with Gasteiger partial charge in [0.25, 0.3) is 0 Å². The van der Waals surface area contributed by atoms with Gasteiger partial charge in [-0.05, 0) is 25.0 Å². The van der Waals surface area contributed by atoms with Gasteiger partial charge in [0.05, 0.1) is 5.56 Å². The SMILES string of the molecule is O=C(OC1C[C@H]2CC[C@@H](C1)N2C(=O)O)c1ccccc1. The molecule has 1 aromatic carbocycles. The summed E-state index contributed by atoms with van der Waals surface area (Å²) in [5, 5.41) is 9.18. The zero-order chi connectivity index (χ0) is 14.1. The van der Waals surface area contributed by atoms with Crippen LogP contribution in [0.15, 0.2) is 30.3 Å². The molecule has 5 nitrogen and oxygen atoms in total. The van der Waals surface area contributed by atoms with Gasteiger partial charge in [-0.25, -0.2) is 9.59 Å². The van der Waals surface area contributed by atoms with E-state index in [1.54, 1.807) is 24.3 Å². The fraction of sp³-hybridized carbons (Fsp3) is 0.467. The van der Waals surface area contributed by atoms with Crippen LogP contribution in [0.25, 0.3) is 0 Å². The molecule has 2 saturated heterocycles. The van der Waals surface area contributed by atoms with E-state index >= 15 is 0 Å². The van der Waals surface area contributed by atoms with Gasteiger partial charge in [0.1, 0.15) is 6.10 Å². The minimum absolute atomic E-state index is 0.000164. The van der Waals surface area contributed by atoms with Gasteiger partial charge in [0.2, 0.25) is 0 Å². The van der Waals surface area contributed by atoms with Crippen molar-refractivity contribution in [3.05, 3.63) is 35.9 Å². The third-order valence-corrected chi connectivity index (χ3v) is 4.19. The largest absolute Gasteiger partial charge is 0.465 e. The van der Waals surface area contributed by atoms with Crippen molar-refractivity contribution in [3.63, 3.8) is 0 Å². The lowest BCUT2D eigenvalue weighted by molar-refractivity contribution is -0.00208. The Balaban J connectivity index is 1.64. The quantitative estimate of drug-likeness (QED) is 0.842. The first-order valence-corrected chi connectivity index (χ1v) is 6.92. The Morgan fingerprint density at radius 3 is 2.25 bits per heavy atom. The molecule has 3 rings (SSSR count). The Kier molecular flexibility index (Phi) is 3.34. The Labute approximate surface area is 117 Å². The van der Waals surface area contributed by atoms with Crippen LogP contribution < -0.4 is 0 Å². The van der Waals surface area contributed by atoms with Crippen molar-refractivity contribution < 1.29 is 19.4 Å². The first-order chi connectivity index (χ1) is 9.65. The molecule has 1 amide bonds. The average Bonchev–Trinajstić information content (AvgIpc) is 2.72. The molecule has 0 saturated carbocycles. The zero-order valence-electron chi connectivity index (χ0n) is 11.1. The van der Waals surface area contributed by atoms with Gasteiger partial charge in [-0.2, -0.15) is 0 Å². The molecule has 1 aromatic rings. The maximum Gasteiger partial charge on any atom is 0.407 e. The molecular weight excluding hydrogens is 258 g/mol. The van der Waals surface area contributed by atoms with Crippen molar-refractivity contribution in [2.45, 2.75) is 43.9 Å². The van der Waals surface area contributed by atoms with Crippen LogP contribution in [0.4, 0.5) is 4.79 Å². The summed E-state index contributed by atoms with van der Waals surface area (Å²) < 4.78 is 5.53. The second-order valence-electron chi connectivity index (χ2n) is 5.44. The number of carbonyl (C=O) groups is 2. The Morgan fingerprint density at radius 2 is 1.70 bits per heavy atom. The molecule has 20 heavy (non-hydrogen) atoms. The second-order valence-corrected chi connectivity index (χ2v) is 5.44. The molecule has 0 radical (unpaired) electrons. The minimum Gasteiger partial charge on any atom is -0.465 e. The van der Waals surface area contributed by atoms with Crippen LogP contribution in [-0.2, 0) is 4.74 Å². The van der Waals surface area contributed by atoms with Crippen LogP contribution in [0.5, 0.6) is 0 Å². The van der Waals surface area contributed by atoms with E-state index in [1.165, 1.54) is 4.90 Å². The van der Waals surface area contributed by atoms with Crippen LogP contribution in [0, 0.1) is 0 Å². The topological polar surface area (TPSA) is 66.8 Å². The number of carbonyl (C=O) groups excluding carboxylic acids is 1. The van der Waals surface area contributed by atoms with Crippen LogP contribution in [0.2, 0.25) is 0 Å². The Bertz CT molecular complexity index is 502. The minimum atomic E-state index is -0.856. The lowest BCUT2D eigenvalue weighted by atomic mass is 10.00. The maximum absolute atomic E-state index is 12.0. The van der Waals surface area contributed by atoms with Gasteiger partial charge in [0.15, 0.2) is 0 Å². The number of benzene rings is 1. The smallest absolute Gasteiger partial charge is 0.407 e. The van der Waals surface area contributed by atoms with Gasteiger partial charge in [-0.15, -0.1) is 0 Å². The normalized spacial score (nSPS) is 28.2. The number of piperidine rings is 1. The van der Waals surface area contributed by atoms with E-state index in [2.05, 4.69) is 0 Å². The highest BCUT2D eigenvalue weighted by molar-refractivity contribution is 5.89. The summed E-state index contributed by atoms with van der Waals surface area (Å²) in [6.07, 6.45) is 1.94. The van der Waals surface area contributed by atoms with Gasteiger partial charge >= 0.3 is 12.1 Å². The standard InChI is InChI=1S/C15H17NO4/c17-14(10-4-2-1-3-5-10)20-13-8-11-6-7-12(9-13)16(11)15(18)19/h1-5,11-13H,6-9H2,(H,18,19)/t11-,12+,13?. The number of ether oxygens (including phenoxy) is 1. The molecule has 1 unspecified atom stereocenters. The molecule has 0 aromatic heterocycles. The van der Waals surface area contributed by atoms with Crippen molar-refractivity contribution in [2.24, 2.45) is 0 Å². The third kappa shape index (κ3) is 2.35. The summed E-state index contributed by atoms with van der Waals surface area (Å²) in [4.78, 5) is 24.7. The summed E-state index contributed by atoms with van der Waals surface area (Å²) in [6, 6.07) is 8.90. The molecule has 2 heterocycles. The number of amides is 1. The van der Waals surface area contributed by atoms with E-state index in [9.17, 15) is 14.7 Å². The third-order valence-electron chi connectivity index (χ3n) is 4.19. The number of carboxylic acid groups (broad SMARTS) is 1. The number of hydrogen-bond acceptors (Lipinski definition) is 3. The highest BCUT2D eigenvalue weighted by Crippen LogP contribution is 2.37. The van der Waals surface area contributed by atoms with Gasteiger partial charge < -0.3 is 14.7 Å². The van der Waals surface area contributed by atoms with Crippen molar-refractivity contribution in [3.8, 4) is 0 Å². The number of nitrogens with zero attached hydrogens (tertiary/aromatic N) is 1. The number of fused-ring (bicyclic) bond motifs is 2. The van der Waals surface area contributed by atoms with E-state index in [0.29, 0.717) is 18.4 Å². The highest BCUT2D eigenvalue weighted by Gasteiger charge is 2.44. The number of esters is 1. The molecule has 3 atom stereocenters. The molecule has 2 aliphatic heterocycles. The summed E-state index contributed by atoms with van der Waals surface area (Å²) in [6.45, 7) is 0. The number of hydrogen-bond donors (Lipinski definition) is 1. The average molecular weight is 275 g/mol. The summed E-state index contributed by atoms with van der Waals surface area (Å²) in [7, 11) is 0. The van der Waals surface area contributed by atoms with E-state index in [1.807, 2.05) is 6.07 Å². The van der Waals surface area contributed by atoms with Gasteiger partial charge in [-0.3, -0.25) is 0 Å². The molecule has 0 spiro atoms. The summed E-state index contributed by atoms with van der Waals surface area (Å²) in [5.74, 6) is -0.321. The van der Waals surface area contributed by atoms with Gasteiger partial charge in [0, 0.05) is 24.9 Å². The second kappa shape index (κ2) is 5.15. The number of rotatable bonds is 2. The molecule has 1 N–H and O–H groups in total. The lowest BCUT2D eigenvalue weighted by Crippen LogP contribution is -2.48. The van der Waals surface area contributed by atoms with Crippen LogP contribution in [-0.4, -0.2) is 40.3 Å². The van der Waals surface area contributed by atoms with Crippen molar-refractivity contribution in [1.82, 2.24) is 4.90 Å². The van der Waals surface area contributed by atoms with Crippen LogP contribution in [0.1, 0.15) is 36.0 Å². The van der Waals surface area contributed by atoms with E-state index in [0.717, 1.165) is 12.8 Å². The summed E-state index contributed by atoms with van der Waals surface area (Å²) >= 11 is 0. The zero-order valence-corrected chi connectivity index (χ0v) is 11.1. The first kappa shape index (κ1) is 13.0. The molecular formula is C15H17NO4. The van der Waals surface area contributed by atoms with Crippen LogP contribution >= 0.6 is 0 Å². The van der Waals surface area contributed by atoms with E-state index in [-0.39, 0.29) is 24.2 Å². The fourth-order valence-corrected chi connectivity index (χ4v) is 3.33.